The van der Waals surface area contributed by atoms with Crippen molar-refractivity contribution < 1.29 is 9.15 Å². The first-order chi connectivity index (χ1) is 10.3. The molecule has 0 spiro atoms. The van der Waals surface area contributed by atoms with Gasteiger partial charge < -0.3 is 14.9 Å². The summed E-state index contributed by atoms with van der Waals surface area (Å²) in [5, 5.41) is 0. The second-order valence-corrected chi connectivity index (χ2v) is 4.68. The highest BCUT2D eigenvalue weighted by Gasteiger charge is 2.15. The molecule has 0 saturated heterocycles. The van der Waals surface area contributed by atoms with Crippen LogP contribution in [0.5, 0.6) is 5.75 Å². The van der Waals surface area contributed by atoms with Crippen LogP contribution in [0.25, 0.3) is 11.3 Å². The predicted octanol–water partition coefficient (Wildman–Crippen LogP) is 3.40. The van der Waals surface area contributed by atoms with E-state index in [1.54, 1.807) is 13.3 Å². The maximum atomic E-state index is 6.18. The van der Waals surface area contributed by atoms with Crippen LogP contribution in [0.2, 0.25) is 0 Å². The standard InChI is InChI=1S/C17H16N2O2/c1-20-14-9-7-12(8-10-14)15-11-19-17(21-15)16(18)13-5-3-2-4-6-13/h2-11,16H,18H2,1H3. The number of oxazole rings is 1. The highest BCUT2D eigenvalue weighted by molar-refractivity contribution is 5.57. The molecule has 0 aliphatic rings. The minimum atomic E-state index is -0.363. The molecule has 0 fully saturated rings. The van der Waals surface area contributed by atoms with Crippen LogP contribution < -0.4 is 10.5 Å². The lowest BCUT2D eigenvalue weighted by molar-refractivity contribution is 0.415. The van der Waals surface area contributed by atoms with Gasteiger partial charge in [-0.1, -0.05) is 30.3 Å². The Balaban J connectivity index is 1.85. The highest BCUT2D eigenvalue weighted by Crippen LogP contribution is 2.26. The van der Waals surface area contributed by atoms with Crippen molar-refractivity contribution in [1.29, 1.82) is 0 Å². The molecule has 0 aliphatic carbocycles. The number of methoxy groups -OCH3 is 1. The normalized spacial score (nSPS) is 12.1. The van der Waals surface area contributed by atoms with E-state index in [2.05, 4.69) is 4.98 Å². The van der Waals surface area contributed by atoms with Gasteiger partial charge in [-0.3, -0.25) is 0 Å². The largest absolute Gasteiger partial charge is 0.497 e. The molecule has 1 aromatic heterocycles. The number of hydrogen-bond acceptors (Lipinski definition) is 4. The van der Waals surface area contributed by atoms with Crippen molar-refractivity contribution in [2.75, 3.05) is 7.11 Å². The van der Waals surface area contributed by atoms with Crippen LogP contribution in [-0.2, 0) is 0 Å². The number of ether oxygens (including phenoxy) is 1. The summed E-state index contributed by atoms with van der Waals surface area (Å²) in [6.07, 6.45) is 1.69. The third-order valence-electron chi connectivity index (χ3n) is 3.32. The third kappa shape index (κ3) is 2.80. The van der Waals surface area contributed by atoms with E-state index in [-0.39, 0.29) is 6.04 Å². The predicted molar refractivity (Wildman–Crippen MR) is 81.0 cm³/mol. The van der Waals surface area contributed by atoms with Crippen LogP contribution in [0.3, 0.4) is 0 Å². The fraction of sp³-hybridized carbons (Fsp3) is 0.118. The lowest BCUT2D eigenvalue weighted by Gasteiger charge is -2.07. The van der Waals surface area contributed by atoms with E-state index in [0.29, 0.717) is 11.7 Å². The molecule has 3 rings (SSSR count). The zero-order valence-electron chi connectivity index (χ0n) is 11.7. The van der Waals surface area contributed by atoms with Gasteiger partial charge in [0.1, 0.15) is 11.8 Å². The summed E-state index contributed by atoms with van der Waals surface area (Å²) in [4.78, 5) is 4.29. The van der Waals surface area contributed by atoms with Crippen molar-refractivity contribution in [3.8, 4) is 17.1 Å². The van der Waals surface area contributed by atoms with Crippen molar-refractivity contribution in [2.45, 2.75) is 6.04 Å². The molecule has 3 aromatic rings. The Morgan fingerprint density at radius 2 is 1.76 bits per heavy atom. The van der Waals surface area contributed by atoms with Gasteiger partial charge in [0.2, 0.25) is 5.89 Å². The first-order valence-corrected chi connectivity index (χ1v) is 6.68. The topological polar surface area (TPSA) is 61.3 Å². The van der Waals surface area contributed by atoms with Crippen molar-refractivity contribution in [2.24, 2.45) is 5.73 Å². The van der Waals surface area contributed by atoms with Crippen LogP contribution in [0, 0.1) is 0 Å². The van der Waals surface area contributed by atoms with Gasteiger partial charge in [0.05, 0.1) is 13.3 Å². The Hall–Kier alpha value is -2.59. The fourth-order valence-corrected chi connectivity index (χ4v) is 2.12. The molecule has 2 aromatic carbocycles. The summed E-state index contributed by atoms with van der Waals surface area (Å²) in [6, 6.07) is 17.0. The molecular formula is C17H16N2O2. The zero-order valence-corrected chi connectivity index (χ0v) is 11.7. The molecule has 0 aliphatic heterocycles. The maximum absolute atomic E-state index is 6.18. The molecule has 21 heavy (non-hydrogen) atoms. The molecule has 1 unspecified atom stereocenters. The van der Waals surface area contributed by atoms with Gasteiger partial charge >= 0.3 is 0 Å². The van der Waals surface area contributed by atoms with Crippen LogP contribution in [0.1, 0.15) is 17.5 Å². The van der Waals surface area contributed by atoms with Gasteiger partial charge in [-0.2, -0.15) is 0 Å². The highest BCUT2D eigenvalue weighted by atomic mass is 16.5. The summed E-state index contributed by atoms with van der Waals surface area (Å²) in [6.45, 7) is 0. The first kappa shape index (κ1) is 13.4. The average molecular weight is 280 g/mol. The van der Waals surface area contributed by atoms with Gasteiger partial charge in [0.15, 0.2) is 5.76 Å². The monoisotopic (exact) mass is 280 g/mol. The Bertz CT molecular complexity index is 705. The van der Waals surface area contributed by atoms with Crippen molar-refractivity contribution in [1.82, 2.24) is 4.98 Å². The van der Waals surface area contributed by atoms with E-state index in [4.69, 9.17) is 14.9 Å². The van der Waals surface area contributed by atoms with Crippen molar-refractivity contribution in [3.05, 3.63) is 72.2 Å². The molecule has 1 atom stereocenters. The molecule has 4 heteroatoms. The second-order valence-electron chi connectivity index (χ2n) is 4.68. The lowest BCUT2D eigenvalue weighted by atomic mass is 10.1. The quantitative estimate of drug-likeness (QED) is 0.795. The second kappa shape index (κ2) is 5.81. The molecule has 106 valence electrons. The minimum Gasteiger partial charge on any atom is -0.497 e. The Morgan fingerprint density at radius 3 is 2.43 bits per heavy atom. The van der Waals surface area contributed by atoms with E-state index >= 15 is 0 Å². The first-order valence-electron chi connectivity index (χ1n) is 6.68. The summed E-state index contributed by atoms with van der Waals surface area (Å²) >= 11 is 0. The summed E-state index contributed by atoms with van der Waals surface area (Å²) in [5.74, 6) is 2.01. The van der Waals surface area contributed by atoms with Crippen LogP contribution in [0.15, 0.2) is 65.2 Å². The van der Waals surface area contributed by atoms with Gasteiger partial charge in [-0.15, -0.1) is 0 Å². The van der Waals surface area contributed by atoms with E-state index in [1.165, 1.54) is 0 Å². The lowest BCUT2D eigenvalue weighted by Crippen LogP contribution is -2.11. The summed E-state index contributed by atoms with van der Waals surface area (Å²) in [5.41, 5.74) is 8.09. The van der Waals surface area contributed by atoms with E-state index in [1.807, 2.05) is 54.6 Å². The minimum absolute atomic E-state index is 0.363. The number of hydrogen-bond donors (Lipinski definition) is 1. The Labute approximate surface area is 123 Å². The maximum Gasteiger partial charge on any atom is 0.216 e. The average Bonchev–Trinajstić information content (AvgIpc) is 3.05. The van der Waals surface area contributed by atoms with Gasteiger partial charge in [0.25, 0.3) is 0 Å². The van der Waals surface area contributed by atoms with E-state index in [0.717, 1.165) is 16.9 Å². The van der Waals surface area contributed by atoms with E-state index < -0.39 is 0 Å². The Kier molecular flexibility index (Phi) is 3.71. The van der Waals surface area contributed by atoms with Crippen molar-refractivity contribution >= 4 is 0 Å². The zero-order chi connectivity index (χ0) is 14.7. The number of nitrogens with zero attached hydrogens (tertiary/aromatic N) is 1. The fourth-order valence-electron chi connectivity index (χ4n) is 2.12. The SMILES string of the molecule is COc1ccc(-c2cnc(C(N)c3ccccc3)o2)cc1. The molecule has 4 nitrogen and oxygen atoms in total. The van der Waals surface area contributed by atoms with Crippen molar-refractivity contribution in [3.63, 3.8) is 0 Å². The van der Waals surface area contributed by atoms with Gasteiger partial charge in [-0.05, 0) is 29.8 Å². The number of rotatable bonds is 4. The molecule has 2 N–H and O–H groups in total. The third-order valence-corrected chi connectivity index (χ3v) is 3.32. The van der Waals surface area contributed by atoms with Crippen LogP contribution >= 0.6 is 0 Å². The number of benzene rings is 2. The number of nitrogens with two attached hydrogens (primary N) is 1. The van der Waals surface area contributed by atoms with E-state index in [9.17, 15) is 0 Å². The molecule has 0 bridgehead atoms. The molecule has 0 radical (unpaired) electrons. The molecular weight excluding hydrogens is 264 g/mol. The van der Waals surface area contributed by atoms with Gasteiger partial charge in [-0.25, -0.2) is 4.98 Å². The molecule has 1 heterocycles. The van der Waals surface area contributed by atoms with Crippen LogP contribution in [0.4, 0.5) is 0 Å². The summed E-state index contributed by atoms with van der Waals surface area (Å²) < 4.78 is 10.9. The molecule has 0 amide bonds. The smallest absolute Gasteiger partial charge is 0.216 e. The summed E-state index contributed by atoms with van der Waals surface area (Å²) in [7, 11) is 1.64. The molecule has 0 saturated carbocycles. The Morgan fingerprint density at radius 1 is 1.05 bits per heavy atom. The number of aromatic nitrogens is 1. The van der Waals surface area contributed by atoms with Crippen LogP contribution in [-0.4, -0.2) is 12.1 Å². The van der Waals surface area contributed by atoms with Gasteiger partial charge in [0, 0.05) is 5.56 Å².